The third kappa shape index (κ3) is 5.03. The standard InChI is InChI=1S/C18H19F2NO3/c1-12(14-6-4-8-16(10-14)24-18(19)20)21-17(22)15-7-3-5-13(9-15)11-23-2/h3-10,12,18H,11H2,1-2H3,(H,21,22)/t12-/m0/s1. The van der Waals surface area contributed by atoms with Crippen molar-refractivity contribution in [3.63, 3.8) is 0 Å². The van der Waals surface area contributed by atoms with Crippen molar-refractivity contribution < 1.29 is 23.0 Å². The Bertz CT molecular complexity index is 691. The molecule has 0 spiro atoms. The minimum absolute atomic E-state index is 0.0608. The molecular formula is C18H19F2NO3. The number of carbonyl (C=O) groups excluding carboxylic acids is 1. The molecule has 0 aromatic heterocycles. The molecule has 6 heteroatoms. The van der Waals surface area contributed by atoms with Gasteiger partial charge in [-0.2, -0.15) is 8.78 Å². The van der Waals surface area contributed by atoms with Crippen LogP contribution >= 0.6 is 0 Å². The Morgan fingerprint density at radius 1 is 1.17 bits per heavy atom. The number of carbonyl (C=O) groups is 1. The Labute approximate surface area is 139 Å². The first-order valence-corrected chi connectivity index (χ1v) is 7.43. The fraction of sp³-hybridized carbons (Fsp3) is 0.278. The summed E-state index contributed by atoms with van der Waals surface area (Å²) in [6.45, 7) is -0.684. The summed E-state index contributed by atoms with van der Waals surface area (Å²) in [5, 5.41) is 2.84. The van der Waals surface area contributed by atoms with Crippen molar-refractivity contribution in [2.45, 2.75) is 26.2 Å². The summed E-state index contributed by atoms with van der Waals surface area (Å²) in [6, 6.07) is 13.0. The molecule has 0 unspecified atom stereocenters. The molecule has 1 atom stereocenters. The van der Waals surface area contributed by atoms with Crippen LogP contribution in [0.4, 0.5) is 8.78 Å². The van der Waals surface area contributed by atoms with Gasteiger partial charge in [0.25, 0.3) is 5.91 Å². The Kier molecular flexibility index (Phi) is 6.26. The second-order valence-electron chi connectivity index (χ2n) is 5.28. The zero-order valence-electron chi connectivity index (χ0n) is 13.5. The lowest BCUT2D eigenvalue weighted by atomic mass is 10.1. The van der Waals surface area contributed by atoms with Gasteiger partial charge in [-0.25, -0.2) is 0 Å². The molecule has 4 nitrogen and oxygen atoms in total. The molecule has 0 saturated carbocycles. The van der Waals surface area contributed by atoms with E-state index in [1.54, 1.807) is 44.4 Å². The third-order valence-corrected chi connectivity index (χ3v) is 3.43. The van der Waals surface area contributed by atoms with Gasteiger partial charge in [-0.3, -0.25) is 4.79 Å². The van der Waals surface area contributed by atoms with Gasteiger partial charge < -0.3 is 14.8 Å². The van der Waals surface area contributed by atoms with E-state index in [4.69, 9.17) is 4.74 Å². The quantitative estimate of drug-likeness (QED) is 0.834. The summed E-state index contributed by atoms with van der Waals surface area (Å²) < 4.78 is 34.0. The van der Waals surface area contributed by atoms with Crippen LogP contribution in [0.2, 0.25) is 0 Å². The van der Waals surface area contributed by atoms with E-state index in [1.165, 1.54) is 12.1 Å². The maximum atomic E-state index is 12.3. The van der Waals surface area contributed by atoms with Gasteiger partial charge in [0.1, 0.15) is 5.75 Å². The molecule has 2 aromatic carbocycles. The molecule has 2 rings (SSSR count). The number of rotatable bonds is 7. The second-order valence-corrected chi connectivity index (χ2v) is 5.28. The van der Waals surface area contributed by atoms with E-state index < -0.39 is 6.61 Å². The van der Waals surface area contributed by atoms with Crippen molar-refractivity contribution in [1.29, 1.82) is 0 Å². The third-order valence-electron chi connectivity index (χ3n) is 3.43. The van der Waals surface area contributed by atoms with Crippen molar-refractivity contribution in [2.24, 2.45) is 0 Å². The van der Waals surface area contributed by atoms with Crippen molar-refractivity contribution in [2.75, 3.05) is 7.11 Å². The fourth-order valence-corrected chi connectivity index (χ4v) is 2.29. The number of halogens is 2. The number of amides is 1. The van der Waals surface area contributed by atoms with Crippen LogP contribution in [-0.2, 0) is 11.3 Å². The Hall–Kier alpha value is -2.47. The van der Waals surface area contributed by atoms with Crippen LogP contribution in [0.25, 0.3) is 0 Å². The van der Waals surface area contributed by atoms with E-state index in [1.807, 2.05) is 6.07 Å². The first-order chi connectivity index (χ1) is 11.5. The minimum Gasteiger partial charge on any atom is -0.435 e. The van der Waals surface area contributed by atoms with E-state index in [0.717, 1.165) is 5.56 Å². The Morgan fingerprint density at radius 2 is 1.92 bits per heavy atom. The van der Waals surface area contributed by atoms with E-state index >= 15 is 0 Å². The van der Waals surface area contributed by atoms with Gasteiger partial charge >= 0.3 is 6.61 Å². The van der Waals surface area contributed by atoms with Gasteiger partial charge in [-0.05, 0) is 42.3 Å². The zero-order chi connectivity index (χ0) is 17.5. The molecule has 1 amide bonds. The molecule has 1 N–H and O–H groups in total. The molecule has 0 aliphatic heterocycles. The second kappa shape index (κ2) is 8.40. The maximum absolute atomic E-state index is 12.3. The maximum Gasteiger partial charge on any atom is 0.387 e. The van der Waals surface area contributed by atoms with E-state index in [0.29, 0.717) is 17.7 Å². The normalized spacial score (nSPS) is 12.0. The first-order valence-electron chi connectivity index (χ1n) is 7.43. The SMILES string of the molecule is COCc1cccc(C(=O)N[C@@H](C)c2cccc(OC(F)F)c2)c1. The van der Waals surface area contributed by atoms with Gasteiger partial charge in [0.05, 0.1) is 12.6 Å². The van der Waals surface area contributed by atoms with Crippen molar-refractivity contribution in [3.05, 3.63) is 65.2 Å². The average Bonchev–Trinajstić information content (AvgIpc) is 2.55. The van der Waals surface area contributed by atoms with Crippen LogP contribution < -0.4 is 10.1 Å². The summed E-state index contributed by atoms with van der Waals surface area (Å²) in [6.07, 6.45) is 0. The van der Waals surface area contributed by atoms with Gasteiger partial charge in [0.2, 0.25) is 0 Å². The molecule has 0 saturated heterocycles. The Morgan fingerprint density at radius 3 is 2.62 bits per heavy atom. The molecule has 2 aromatic rings. The molecule has 0 heterocycles. The van der Waals surface area contributed by atoms with Crippen molar-refractivity contribution in [3.8, 4) is 5.75 Å². The monoisotopic (exact) mass is 335 g/mol. The number of ether oxygens (including phenoxy) is 2. The number of methoxy groups -OCH3 is 1. The fourth-order valence-electron chi connectivity index (χ4n) is 2.29. The molecule has 0 fully saturated rings. The summed E-state index contributed by atoms with van der Waals surface area (Å²) in [4.78, 5) is 12.3. The lowest BCUT2D eigenvalue weighted by Crippen LogP contribution is -2.26. The number of alkyl halides is 2. The van der Waals surface area contributed by atoms with E-state index in [2.05, 4.69) is 10.1 Å². The molecule has 24 heavy (non-hydrogen) atoms. The van der Waals surface area contributed by atoms with Gasteiger partial charge in [-0.15, -0.1) is 0 Å². The first kappa shape index (κ1) is 17.9. The van der Waals surface area contributed by atoms with Crippen LogP contribution in [0.15, 0.2) is 48.5 Å². The average molecular weight is 335 g/mol. The number of hydrogen-bond donors (Lipinski definition) is 1. The lowest BCUT2D eigenvalue weighted by molar-refractivity contribution is -0.0499. The highest BCUT2D eigenvalue weighted by atomic mass is 19.3. The minimum atomic E-state index is -2.88. The lowest BCUT2D eigenvalue weighted by Gasteiger charge is -2.16. The summed E-state index contributed by atoms with van der Waals surface area (Å²) >= 11 is 0. The largest absolute Gasteiger partial charge is 0.435 e. The van der Waals surface area contributed by atoms with Crippen LogP contribution in [-0.4, -0.2) is 19.6 Å². The van der Waals surface area contributed by atoms with E-state index in [-0.39, 0.29) is 17.7 Å². The predicted molar refractivity (Wildman–Crippen MR) is 86.1 cm³/mol. The summed E-state index contributed by atoms with van der Waals surface area (Å²) in [5.41, 5.74) is 2.08. The number of hydrogen-bond acceptors (Lipinski definition) is 3. The van der Waals surface area contributed by atoms with Crippen LogP contribution in [0, 0.1) is 0 Å². The van der Waals surface area contributed by atoms with Crippen molar-refractivity contribution in [1.82, 2.24) is 5.32 Å². The van der Waals surface area contributed by atoms with Crippen LogP contribution in [0.5, 0.6) is 5.75 Å². The van der Waals surface area contributed by atoms with Crippen molar-refractivity contribution >= 4 is 5.91 Å². The Balaban J connectivity index is 2.07. The molecular weight excluding hydrogens is 316 g/mol. The molecule has 128 valence electrons. The van der Waals surface area contributed by atoms with Gasteiger partial charge in [-0.1, -0.05) is 24.3 Å². The molecule has 0 bridgehead atoms. The highest BCUT2D eigenvalue weighted by molar-refractivity contribution is 5.94. The molecule has 0 radical (unpaired) electrons. The highest BCUT2D eigenvalue weighted by Crippen LogP contribution is 2.21. The predicted octanol–water partition coefficient (Wildman–Crippen LogP) is 3.93. The molecule has 0 aliphatic carbocycles. The van der Waals surface area contributed by atoms with Crippen LogP contribution in [0.1, 0.15) is 34.5 Å². The molecule has 0 aliphatic rings. The van der Waals surface area contributed by atoms with Crippen LogP contribution in [0.3, 0.4) is 0 Å². The van der Waals surface area contributed by atoms with Gasteiger partial charge in [0.15, 0.2) is 0 Å². The smallest absolute Gasteiger partial charge is 0.387 e. The van der Waals surface area contributed by atoms with E-state index in [9.17, 15) is 13.6 Å². The topological polar surface area (TPSA) is 47.6 Å². The summed E-state index contributed by atoms with van der Waals surface area (Å²) in [7, 11) is 1.59. The highest BCUT2D eigenvalue weighted by Gasteiger charge is 2.13. The zero-order valence-corrected chi connectivity index (χ0v) is 13.5. The number of benzene rings is 2. The number of nitrogens with one attached hydrogen (secondary N) is 1. The summed E-state index contributed by atoms with van der Waals surface area (Å²) in [5.74, 6) is -0.189. The van der Waals surface area contributed by atoms with Gasteiger partial charge in [0, 0.05) is 12.7 Å².